The number of benzene rings is 1. The minimum absolute atomic E-state index is 0.166. The van der Waals surface area contributed by atoms with Crippen LogP contribution in [-0.4, -0.2) is 24.4 Å². The summed E-state index contributed by atoms with van der Waals surface area (Å²) in [5, 5.41) is 0.882. The summed E-state index contributed by atoms with van der Waals surface area (Å²) >= 11 is 0. The van der Waals surface area contributed by atoms with Crippen LogP contribution in [0.2, 0.25) is 0 Å². The van der Waals surface area contributed by atoms with Crippen LogP contribution in [0, 0.1) is 0 Å². The van der Waals surface area contributed by atoms with Crippen molar-refractivity contribution in [2.24, 2.45) is 7.05 Å². The Morgan fingerprint density at radius 2 is 1.38 bits per heavy atom. The Balaban J connectivity index is 2.34. The molecule has 0 fully saturated rings. The molecule has 0 spiro atoms. The minimum Gasteiger partial charge on any atom is -0.494 e. The van der Waals surface area contributed by atoms with E-state index in [-0.39, 0.29) is 5.56 Å². The van der Waals surface area contributed by atoms with E-state index in [0.29, 0.717) is 31.3 Å². The largest absolute Gasteiger partial charge is 0.494 e. The molecule has 5 nitrogen and oxygen atoms in total. The van der Waals surface area contributed by atoms with Crippen molar-refractivity contribution in [3.63, 3.8) is 0 Å². The van der Waals surface area contributed by atoms with Crippen molar-refractivity contribution < 1.29 is 14.2 Å². The molecule has 0 aliphatic heterocycles. The zero-order valence-electron chi connectivity index (χ0n) is 18.6. The number of rotatable bonds is 14. The van der Waals surface area contributed by atoms with Crippen LogP contribution < -0.4 is 19.8 Å². The van der Waals surface area contributed by atoms with E-state index < -0.39 is 0 Å². The third kappa shape index (κ3) is 6.41. The van der Waals surface area contributed by atoms with E-state index in [1.54, 1.807) is 11.6 Å². The molecule has 0 saturated heterocycles. The smallest absolute Gasteiger partial charge is 0.297 e. The van der Waals surface area contributed by atoms with Gasteiger partial charge in [0, 0.05) is 18.5 Å². The number of pyridine rings is 1. The third-order valence-corrected chi connectivity index (χ3v) is 5.04. The first-order valence-electron chi connectivity index (χ1n) is 11.2. The molecule has 0 bridgehead atoms. The predicted molar refractivity (Wildman–Crippen MR) is 120 cm³/mol. The van der Waals surface area contributed by atoms with Crippen LogP contribution in [0.1, 0.15) is 72.1 Å². The number of hydrogen-bond donors (Lipinski definition) is 0. The van der Waals surface area contributed by atoms with Crippen molar-refractivity contribution in [1.82, 2.24) is 4.57 Å². The molecule has 0 radical (unpaired) electrons. The lowest BCUT2D eigenvalue weighted by Gasteiger charge is -2.17. The minimum atomic E-state index is -0.166. The topological polar surface area (TPSA) is 49.7 Å². The first-order chi connectivity index (χ1) is 14.1. The second-order valence-corrected chi connectivity index (χ2v) is 7.51. The van der Waals surface area contributed by atoms with Gasteiger partial charge in [0.2, 0.25) is 5.75 Å². The van der Waals surface area contributed by atoms with Crippen LogP contribution in [0.4, 0.5) is 0 Å². The Bertz CT molecular complexity index is 813. The first-order valence-corrected chi connectivity index (χ1v) is 11.2. The molecule has 0 saturated carbocycles. The molecular weight excluding hydrogens is 366 g/mol. The lowest BCUT2D eigenvalue weighted by molar-refractivity contribution is 0.260. The Labute approximate surface area is 175 Å². The van der Waals surface area contributed by atoms with Gasteiger partial charge in [-0.1, -0.05) is 52.9 Å². The zero-order valence-corrected chi connectivity index (χ0v) is 18.6. The van der Waals surface area contributed by atoms with Crippen molar-refractivity contribution in [2.45, 2.75) is 72.1 Å². The van der Waals surface area contributed by atoms with Gasteiger partial charge < -0.3 is 18.8 Å². The van der Waals surface area contributed by atoms with E-state index in [0.717, 1.165) is 48.8 Å². The number of hydrogen-bond acceptors (Lipinski definition) is 4. The number of nitrogens with zero attached hydrogens (tertiary/aromatic N) is 1. The van der Waals surface area contributed by atoms with Crippen molar-refractivity contribution in [3.05, 3.63) is 28.6 Å². The molecule has 0 atom stereocenters. The maximum Gasteiger partial charge on any atom is 0.297 e. The van der Waals surface area contributed by atoms with Gasteiger partial charge in [-0.3, -0.25) is 4.79 Å². The highest BCUT2D eigenvalue weighted by molar-refractivity contribution is 5.89. The summed E-state index contributed by atoms with van der Waals surface area (Å²) in [6, 6.07) is 5.86. The van der Waals surface area contributed by atoms with Crippen LogP contribution in [-0.2, 0) is 7.05 Å². The fourth-order valence-corrected chi connectivity index (χ4v) is 3.18. The zero-order chi connectivity index (χ0) is 21.1. The van der Waals surface area contributed by atoms with Gasteiger partial charge in [0.05, 0.1) is 25.3 Å². The molecular formula is C24H37NO4. The Morgan fingerprint density at radius 3 is 2.03 bits per heavy atom. The maximum atomic E-state index is 13.0. The number of ether oxygens (including phenoxy) is 3. The summed E-state index contributed by atoms with van der Waals surface area (Å²) in [4.78, 5) is 13.0. The fourth-order valence-electron chi connectivity index (χ4n) is 3.18. The number of unbranched alkanes of at least 4 members (excludes halogenated alkanes) is 5. The van der Waals surface area contributed by atoms with Gasteiger partial charge in [-0.15, -0.1) is 0 Å². The van der Waals surface area contributed by atoms with Crippen molar-refractivity contribution in [3.8, 4) is 17.2 Å². The van der Waals surface area contributed by atoms with Crippen LogP contribution in [0.15, 0.2) is 23.0 Å². The molecule has 2 rings (SSSR count). The van der Waals surface area contributed by atoms with Gasteiger partial charge >= 0.3 is 0 Å². The quantitative estimate of drug-likeness (QED) is 0.371. The molecule has 0 aliphatic rings. The van der Waals surface area contributed by atoms with Crippen molar-refractivity contribution >= 4 is 10.9 Å². The van der Waals surface area contributed by atoms with Crippen molar-refractivity contribution in [2.75, 3.05) is 19.8 Å². The van der Waals surface area contributed by atoms with Gasteiger partial charge in [0.15, 0.2) is 5.75 Å². The monoisotopic (exact) mass is 403 g/mol. The summed E-state index contributed by atoms with van der Waals surface area (Å²) in [5.74, 6) is 1.66. The summed E-state index contributed by atoms with van der Waals surface area (Å²) < 4.78 is 19.5. The molecule has 162 valence electrons. The Morgan fingerprint density at radius 1 is 0.759 bits per heavy atom. The van der Waals surface area contributed by atoms with Gasteiger partial charge in [0.25, 0.3) is 5.56 Å². The van der Waals surface area contributed by atoms with E-state index in [1.807, 2.05) is 18.2 Å². The molecule has 2 aromatic rings. The summed E-state index contributed by atoms with van der Waals surface area (Å²) in [6.45, 7) is 8.19. The highest BCUT2D eigenvalue weighted by Crippen LogP contribution is 2.34. The van der Waals surface area contributed by atoms with Crippen LogP contribution >= 0.6 is 0 Å². The molecule has 5 heteroatoms. The van der Waals surface area contributed by atoms with Crippen LogP contribution in [0.25, 0.3) is 10.9 Å². The third-order valence-electron chi connectivity index (χ3n) is 5.04. The first kappa shape index (κ1) is 23.1. The van der Waals surface area contributed by atoms with Gasteiger partial charge in [-0.25, -0.2) is 0 Å². The van der Waals surface area contributed by atoms with E-state index >= 15 is 0 Å². The Kier molecular flexibility index (Phi) is 9.89. The molecule has 0 unspecified atom stereocenters. The normalized spacial score (nSPS) is 11.0. The highest BCUT2D eigenvalue weighted by Gasteiger charge is 2.19. The van der Waals surface area contributed by atoms with E-state index in [9.17, 15) is 4.79 Å². The van der Waals surface area contributed by atoms with E-state index in [4.69, 9.17) is 14.2 Å². The fraction of sp³-hybridized carbons (Fsp3) is 0.625. The average Bonchev–Trinajstić information content (AvgIpc) is 2.73. The van der Waals surface area contributed by atoms with Gasteiger partial charge in [-0.2, -0.15) is 0 Å². The second kappa shape index (κ2) is 12.4. The number of aryl methyl sites for hydroxylation is 1. The van der Waals surface area contributed by atoms with Crippen LogP contribution in [0.5, 0.6) is 17.2 Å². The molecule has 0 aliphatic carbocycles. The molecule has 0 N–H and O–H groups in total. The molecule has 1 heterocycles. The lowest BCUT2D eigenvalue weighted by atomic mass is 10.1. The lowest BCUT2D eigenvalue weighted by Crippen LogP contribution is -2.21. The molecule has 29 heavy (non-hydrogen) atoms. The molecule has 1 aromatic carbocycles. The molecule has 1 aromatic heterocycles. The summed E-state index contributed by atoms with van der Waals surface area (Å²) in [6.07, 6.45) is 8.54. The van der Waals surface area contributed by atoms with Gasteiger partial charge in [-0.05, 0) is 31.4 Å². The highest BCUT2D eigenvalue weighted by atomic mass is 16.5. The SMILES string of the molecule is CCCCCCOc1ccc2c(OCCCC)c(OCCCC)c(=O)n(C)c2c1. The summed E-state index contributed by atoms with van der Waals surface area (Å²) in [5.41, 5.74) is 0.635. The number of fused-ring (bicyclic) bond motifs is 1. The van der Waals surface area contributed by atoms with Crippen LogP contribution in [0.3, 0.4) is 0 Å². The predicted octanol–water partition coefficient (Wildman–Crippen LogP) is 5.86. The number of aromatic nitrogens is 1. The Hall–Kier alpha value is -2.17. The average molecular weight is 404 g/mol. The second-order valence-electron chi connectivity index (χ2n) is 7.51. The van der Waals surface area contributed by atoms with Gasteiger partial charge in [0.1, 0.15) is 5.75 Å². The summed E-state index contributed by atoms with van der Waals surface area (Å²) in [7, 11) is 1.78. The standard InChI is InChI=1S/C24H37NO4/c1-5-8-11-12-17-27-19-13-14-20-21(18-19)25(4)24(26)23(29-16-10-7-3)22(20)28-15-9-6-2/h13-14,18H,5-12,15-17H2,1-4H3. The van der Waals surface area contributed by atoms with E-state index in [2.05, 4.69) is 20.8 Å². The maximum absolute atomic E-state index is 13.0. The van der Waals surface area contributed by atoms with Crippen molar-refractivity contribution in [1.29, 1.82) is 0 Å². The molecule has 0 amide bonds. The van der Waals surface area contributed by atoms with E-state index in [1.165, 1.54) is 19.3 Å².